The summed E-state index contributed by atoms with van der Waals surface area (Å²) < 4.78 is 10.4. The highest BCUT2D eigenvalue weighted by Crippen LogP contribution is 2.08. The largest absolute Gasteiger partial charge is 0.382 e. The van der Waals surface area contributed by atoms with Gasteiger partial charge < -0.3 is 20.1 Å². The number of hydrogen-bond acceptors (Lipinski definition) is 3. The molecule has 0 atom stereocenters. The highest BCUT2D eigenvalue weighted by atomic mass is 16.5. The smallest absolute Gasteiger partial charge is 0.191 e. The van der Waals surface area contributed by atoms with E-state index in [1.165, 1.54) is 16.7 Å². The summed E-state index contributed by atoms with van der Waals surface area (Å²) >= 11 is 0. The van der Waals surface area contributed by atoms with E-state index in [0.29, 0.717) is 13.2 Å². The lowest BCUT2D eigenvalue weighted by Crippen LogP contribution is -2.38. The maximum absolute atomic E-state index is 5.46. The van der Waals surface area contributed by atoms with Crippen molar-refractivity contribution in [2.24, 2.45) is 4.99 Å². The molecule has 0 aliphatic carbocycles. The van der Waals surface area contributed by atoms with Crippen molar-refractivity contribution >= 4 is 5.96 Å². The number of nitrogens with one attached hydrogen (secondary N) is 2. The van der Waals surface area contributed by atoms with E-state index < -0.39 is 0 Å². The van der Waals surface area contributed by atoms with Crippen LogP contribution in [0.1, 0.15) is 36.5 Å². The number of aryl methyl sites for hydroxylation is 2. The van der Waals surface area contributed by atoms with E-state index in [0.717, 1.165) is 51.5 Å². The van der Waals surface area contributed by atoms with Gasteiger partial charge in [-0.1, -0.05) is 29.3 Å². The van der Waals surface area contributed by atoms with Crippen molar-refractivity contribution in [3.63, 3.8) is 0 Å². The van der Waals surface area contributed by atoms with Crippen molar-refractivity contribution in [3.05, 3.63) is 34.9 Å². The molecule has 142 valence electrons. The lowest BCUT2D eigenvalue weighted by Gasteiger charge is -2.12. The first-order chi connectivity index (χ1) is 12.2. The van der Waals surface area contributed by atoms with Crippen LogP contribution in [0.4, 0.5) is 0 Å². The van der Waals surface area contributed by atoms with Gasteiger partial charge in [-0.2, -0.15) is 0 Å². The average Bonchev–Trinajstić information content (AvgIpc) is 2.56. The van der Waals surface area contributed by atoms with Gasteiger partial charge >= 0.3 is 0 Å². The molecule has 0 fully saturated rings. The summed E-state index contributed by atoms with van der Waals surface area (Å²) in [5.74, 6) is 0.896. The van der Waals surface area contributed by atoms with E-state index >= 15 is 0 Å². The molecule has 5 nitrogen and oxygen atoms in total. The Balaban J connectivity index is 2.26. The predicted molar refractivity (Wildman–Crippen MR) is 106 cm³/mol. The van der Waals surface area contributed by atoms with Crippen LogP contribution in [0.25, 0.3) is 0 Å². The maximum atomic E-state index is 5.46. The summed E-state index contributed by atoms with van der Waals surface area (Å²) in [6, 6.07) is 6.71. The van der Waals surface area contributed by atoms with Crippen molar-refractivity contribution in [1.82, 2.24) is 10.6 Å². The van der Waals surface area contributed by atoms with Crippen LogP contribution in [-0.4, -0.2) is 52.5 Å². The number of ether oxygens (including phenoxy) is 2. The third-order valence-corrected chi connectivity index (χ3v) is 3.73. The van der Waals surface area contributed by atoms with Crippen molar-refractivity contribution in [2.45, 2.75) is 40.0 Å². The molecular formula is C20H35N3O2. The molecule has 0 aliphatic heterocycles. The molecule has 25 heavy (non-hydrogen) atoms. The molecule has 1 rings (SSSR count). The fourth-order valence-corrected chi connectivity index (χ4v) is 2.63. The predicted octanol–water partition coefficient (Wildman–Crippen LogP) is 2.84. The first-order valence-electron chi connectivity index (χ1n) is 9.31. The van der Waals surface area contributed by atoms with Gasteiger partial charge in [0, 0.05) is 33.4 Å². The second-order valence-electron chi connectivity index (χ2n) is 6.25. The van der Waals surface area contributed by atoms with Crippen LogP contribution in [0.5, 0.6) is 0 Å². The zero-order chi connectivity index (χ0) is 18.3. The summed E-state index contributed by atoms with van der Waals surface area (Å²) in [7, 11) is 1.69. The van der Waals surface area contributed by atoms with Gasteiger partial charge in [-0.3, -0.25) is 4.99 Å². The lowest BCUT2D eigenvalue weighted by molar-refractivity contribution is 0.0690. The van der Waals surface area contributed by atoms with Crippen LogP contribution in [0.3, 0.4) is 0 Å². The Morgan fingerprint density at radius 1 is 1.00 bits per heavy atom. The summed E-state index contributed by atoms with van der Waals surface area (Å²) in [5, 5.41) is 6.72. The Morgan fingerprint density at radius 2 is 1.76 bits per heavy atom. The van der Waals surface area contributed by atoms with E-state index in [1.54, 1.807) is 7.11 Å². The Kier molecular flexibility index (Phi) is 11.7. The van der Waals surface area contributed by atoms with Crippen molar-refractivity contribution in [3.8, 4) is 0 Å². The molecule has 1 aromatic rings. The van der Waals surface area contributed by atoms with Crippen LogP contribution in [-0.2, 0) is 15.9 Å². The van der Waals surface area contributed by atoms with Gasteiger partial charge in [0.1, 0.15) is 0 Å². The molecule has 1 aromatic carbocycles. The molecule has 0 heterocycles. The molecule has 5 heteroatoms. The third-order valence-electron chi connectivity index (χ3n) is 3.73. The normalized spacial score (nSPS) is 11.6. The molecule has 0 bridgehead atoms. The van der Waals surface area contributed by atoms with Gasteiger partial charge in [0.05, 0.1) is 13.2 Å². The number of hydrogen-bond donors (Lipinski definition) is 2. The molecule has 0 spiro atoms. The van der Waals surface area contributed by atoms with Gasteiger partial charge in [-0.05, 0) is 45.6 Å². The molecule has 0 radical (unpaired) electrons. The van der Waals surface area contributed by atoms with Crippen LogP contribution < -0.4 is 10.6 Å². The van der Waals surface area contributed by atoms with Gasteiger partial charge in [-0.15, -0.1) is 0 Å². The highest BCUT2D eigenvalue weighted by Gasteiger charge is 1.99. The number of benzene rings is 1. The minimum atomic E-state index is 0.660. The minimum Gasteiger partial charge on any atom is -0.382 e. The van der Waals surface area contributed by atoms with E-state index in [-0.39, 0.29) is 0 Å². The molecule has 0 amide bonds. The van der Waals surface area contributed by atoms with Crippen LogP contribution in [0.15, 0.2) is 23.2 Å². The fourth-order valence-electron chi connectivity index (χ4n) is 2.63. The topological polar surface area (TPSA) is 54.9 Å². The monoisotopic (exact) mass is 349 g/mol. The first kappa shape index (κ1) is 21.5. The Hall–Kier alpha value is -1.59. The molecular weight excluding hydrogens is 314 g/mol. The zero-order valence-corrected chi connectivity index (χ0v) is 16.4. The third kappa shape index (κ3) is 10.8. The van der Waals surface area contributed by atoms with Gasteiger partial charge in [0.15, 0.2) is 5.96 Å². The van der Waals surface area contributed by atoms with E-state index in [4.69, 9.17) is 9.47 Å². The number of methoxy groups -OCH3 is 1. The van der Waals surface area contributed by atoms with E-state index in [2.05, 4.69) is 54.6 Å². The number of aliphatic imine (C=N–C) groups is 1. The molecule has 2 N–H and O–H groups in total. The molecule has 0 unspecified atom stereocenters. The van der Waals surface area contributed by atoms with Gasteiger partial charge in [0.2, 0.25) is 0 Å². The number of guanidine groups is 1. The van der Waals surface area contributed by atoms with Crippen LogP contribution in [0, 0.1) is 13.8 Å². The quantitative estimate of drug-likeness (QED) is 0.346. The fraction of sp³-hybridized carbons (Fsp3) is 0.650. The zero-order valence-electron chi connectivity index (χ0n) is 16.4. The maximum Gasteiger partial charge on any atom is 0.191 e. The van der Waals surface area contributed by atoms with E-state index in [9.17, 15) is 0 Å². The molecule has 0 saturated carbocycles. The molecule has 0 aromatic heterocycles. The standard InChI is InChI=1S/C20H35N3O2/c1-5-21-20(22-9-6-7-11-25-13-12-24-4)23-10-8-19-15-17(2)14-18(3)16-19/h14-16H,5-13H2,1-4H3,(H2,21,22,23). The summed E-state index contributed by atoms with van der Waals surface area (Å²) in [5.41, 5.74) is 4.01. The lowest BCUT2D eigenvalue weighted by atomic mass is 10.1. The number of rotatable bonds is 12. The number of unbranched alkanes of at least 4 members (excludes halogenated alkanes) is 1. The summed E-state index contributed by atoms with van der Waals surface area (Å²) in [6.45, 7) is 11.1. The highest BCUT2D eigenvalue weighted by molar-refractivity contribution is 5.79. The van der Waals surface area contributed by atoms with Crippen molar-refractivity contribution in [2.75, 3.05) is 46.6 Å². The summed E-state index contributed by atoms with van der Waals surface area (Å²) in [6.07, 6.45) is 3.05. The van der Waals surface area contributed by atoms with Gasteiger partial charge in [0.25, 0.3) is 0 Å². The average molecular weight is 350 g/mol. The number of nitrogens with zero attached hydrogens (tertiary/aromatic N) is 1. The Morgan fingerprint density at radius 3 is 2.44 bits per heavy atom. The van der Waals surface area contributed by atoms with Crippen LogP contribution in [0.2, 0.25) is 0 Å². The Labute approximate surface area is 153 Å². The van der Waals surface area contributed by atoms with Gasteiger partial charge in [-0.25, -0.2) is 0 Å². The van der Waals surface area contributed by atoms with Crippen LogP contribution >= 0.6 is 0 Å². The molecule has 0 aliphatic rings. The first-order valence-corrected chi connectivity index (χ1v) is 9.31. The van der Waals surface area contributed by atoms with Crippen molar-refractivity contribution < 1.29 is 9.47 Å². The van der Waals surface area contributed by atoms with E-state index in [1.807, 2.05) is 0 Å². The Bertz CT molecular complexity index is 483. The SMILES string of the molecule is CCNC(=NCCCCOCCOC)NCCc1cc(C)cc(C)c1. The summed E-state index contributed by atoms with van der Waals surface area (Å²) in [4.78, 5) is 4.63. The second-order valence-corrected chi connectivity index (χ2v) is 6.25. The van der Waals surface area contributed by atoms with Crippen molar-refractivity contribution in [1.29, 1.82) is 0 Å². The molecule has 0 saturated heterocycles. The second kappa shape index (κ2) is 13.7. The minimum absolute atomic E-state index is 0.660.